The van der Waals surface area contributed by atoms with Gasteiger partial charge in [0.05, 0.1) is 6.61 Å². The fourth-order valence-corrected chi connectivity index (χ4v) is 3.49. The van der Waals surface area contributed by atoms with Gasteiger partial charge in [-0.25, -0.2) is 0 Å². The maximum atomic E-state index is 12.6. The van der Waals surface area contributed by atoms with E-state index in [0.717, 1.165) is 19.4 Å². The van der Waals surface area contributed by atoms with Crippen molar-refractivity contribution in [3.63, 3.8) is 0 Å². The second kappa shape index (κ2) is 9.90. The molecule has 0 radical (unpaired) electrons. The van der Waals surface area contributed by atoms with Gasteiger partial charge < -0.3 is 20.3 Å². The van der Waals surface area contributed by atoms with Crippen LogP contribution in [0.1, 0.15) is 42.5 Å². The SMILES string of the molecule is CN(C(=O)c1ccc(NC(=O)C2CNCCO2)cc1)C1CCCCC1.Cl. The minimum atomic E-state index is -0.465. The lowest BCUT2D eigenvalue weighted by atomic mass is 9.94. The maximum Gasteiger partial charge on any atom is 0.254 e. The predicted molar refractivity (Wildman–Crippen MR) is 104 cm³/mol. The Hall–Kier alpha value is -1.63. The lowest BCUT2D eigenvalue weighted by molar-refractivity contribution is -0.128. The Labute approximate surface area is 161 Å². The molecular formula is C19H28ClN3O3. The molecule has 3 rings (SSSR count). The summed E-state index contributed by atoms with van der Waals surface area (Å²) in [6.45, 7) is 1.84. The number of halogens is 1. The largest absolute Gasteiger partial charge is 0.366 e. The van der Waals surface area contributed by atoms with Gasteiger partial charge >= 0.3 is 0 Å². The van der Waals surface area contributed by atoms with E-state index in [2.05, 4.69) is 10.6 Å². The van der Waals surface area contributed by atoms with Crippen molar-refractivity contribution >= 4 is 29.9 Å². The minimum Gasteiger partial charge on any atom is -0.366 e. The summed E-state index contributed by atoms with van der Waals surface area (Å²) in [5.74, 6) is -0.116. The third kappa shape index (κ3) is 5.19. The molecule has 1 heterocycles. The summed E-state index contributed by atoms with van der Waals surface area (Å²) in [7, 11) is 1.89. The van der Waals surface area contributed by atoms with Crippen LogP contribution in [0.2, 0.25) is 0 Å². The highest BCUT2D eigenvalue weighted by molar-refractivity contribution is 5.97. The molecule has 26 heavy (non-hydrogen) atoms. The molecule has 2 fully saturated rings. The fourth-order valence-electron chi connectivity index (χ4n) is 3.49. The first kappa shape index (κ1) is 20.7. The molecule has 1 aromatic rings. The summed E-state index contributed by atoms with van der Waals surface area (Å²) in [6.07, 6.45) is 5.38. The normalized spacial score (nSPS) is 20.7. The van der Waals surface area contributed by atoms with Crippen LogP contribution in [0.25, 0.3) is 0 Å². The van der Waals surface area contributed by atoms with Gasteiger partial charge in [0.25, 0.3) is 11.8 Å². The molecule has 0 spiro atoms. The molecule has 0 aromatic heterocycles. The molecule has 1 aliphatic carbocycles. The van der Waals surface area contributed by atoms with E-state index in [1.807, 2.05) is 11.9 Å². The Morgan fingerprint density at radius 2 is 1.85 bits per heavy atom. The highest BCUT2D eigenvalue weighted by atomic mass is 35.5. The number of anilines is 1. The summed E-state index contributed by atoms with van der Waals surface area (Å²) in [5, 5.41) is 5.97. The van der Waals surface area contributed by atoms with Crippen LogP contribution in [0.15, 0.2) is 24.3 Å². The lowest BCUT2D eigenvalue weighted by Gasteiger charge is -2.31. The Morgan fingerprint density at radius 3 is 2.46 bits per heavy atom. The van der Waals surface area contributed by atoms with Crippen LogP contribution in [0, 0.1) is 0 Å². The van der Waals surface area contributed by atoms with E-state index in [4.69, 9.17) is 4.74 Å². The van der Waals surface area contributed by atoms with Crippen molar-refractivity contribution in [2.75, 3.05) is 32.1 Å². The van der Waals surface area contributed by atoms with Crippen LogP contribution >= 0.6 is 12.4 Å². The van der Waals surface area contributed by atoms with Crippen molar-refractivity contribution in [1.29, 1.82) is 0 Å². The Balaban J connectivity index is 0.00000243. The van der Waals surface area contributed by atoms with Crippen molar-refractivity contribution in [2.24, 2.45) is 0 Å². The molecule has 7 heteroatoms. The van der Waals surface area contributed by atoms with Crippen LogP contribution in [-0.4, -0.2) is 55.6 Å². The number of carbonyl (C=O) groups excluding carboxylic acids is 2. The van der Waals surface area contributed by atoms with Crippen LogP contribution in [-0.2, 0) is 9.53 Å². The number of nitrogens with one attached hydrogen (secondary N) is 2. The van der Waals surface area contributed by atoms with Crippen LogP contribution in [0.4, 0.5) is 5.69 Å². The molecule has 1 saturated carbocycles. The van der Waals surface area contributed by atoms with Gasteiger partial charge in [-0.3, -0.25) is 9.59 Å². The quantitative estimate of drug-likeness (QED) is 0.840. The van der Waals surface area contributed by atoms with Crippen molar-refractivity contribution in [2.45, 2.75) is 44.2 Å². The van der Waals surface area contributed by atoms with Gasteiger partial charge in [0.1, 0.15) is 6.10 Å². The summed E-state index contributed by atoms with van der Waals surface area (Å²) in [5.41, 5.74) is 1.33. The molecule has 6 nitrogen and oxygen atoms in total. The predicted octanol–water partition coefficient (Wildman–Crippen LogP) is 2.44. The molecule has 1 aromatic carbocycles. The Kier molecular flexibility index (Phi) is 7.87. The van der Waals surface area contributed by atoms with E-state index >= 15 is 0 Å². The van der Waals surface area contributed by atoms with Gasteiger partial charge in [0.15, 0.2) is 0 Å². The molecule has 2 aliphatic rings. The highest BCUT2D eigenvalue weighted by Crippen LogP contribution is 2.23. The summed E-state index contributed by atoms with van der Waals surface area (Å²) in [6, 6.07) is 7.44. The van der Waals surface area contributed by atoms with E-state index in [0.29, 0.717) is 30.4 Å². The first-order chi connectivity index (χ1) is 12.1. The Morgan fingerprint density at radius 1 is 1.15 bits per heavy atom. The fraction of sp³-hybridized carbons (Fsp3) is 0.579. The number of carbonyl (C=O) groups is 2. The number of ether oxygens (including phenoxy) is 1. The third-order valence-electron chi connectivity index (χ3n) is 5.06. The number of hydrogen-bond acceptors (Lipinski definition) is 4. The third-order valence-corrected chi connectivity index (χ3v) is 5.06. The first-order valence-electron chi connectivity index (χ1n) is 9.15. The Bertz CT molecular complexity index is 597. The van der Waals surface area contributed by atoms with E-state index in [-0.39, 0.29) is 24.2 Å². The zero-order valence-electron chi connectivity index (χ0n) is 15.2. The molecule has 2 amide bonds. The zero-order valence-corrected chi connectivity index (χ0v) is 16.0. The van der Waals surface area contributed by atoms with Crippen molar-refractivity contribution < 1.29 is 14.3 Å². The average molecular weight is 382 g/mol. The summed E-state index contributed by atoms with van der Waals surface area (Å²) >= 11 is 0. The molecular weight excluding hydrogens is 354 g/mol. The van der Waals surface area contributed by atoms with Gasteiger partial charge in [-0.1, -0.05) is 19.3 Å². The van der Waals surface area contributed by atoms with E-state index < -0.39 is 6.10 Å². The molecule has 1 aliphatic heterocycles. The van der Waals surface area contributed by atoms with E-state index in [9.17, 15) is 9.59 Å². The molecule has 1 unspecified atom stereocenters. The van der Waals surface area contributed by atoms with Gasteiger partial charge in [-0.15, -0.1) is 12.4 Å². The summed E-state index contributed by atoms with van der Waals surface area (Å²) in [4.78, 5) is 26.7. The summed E-state index contributed by atoms with van der Waals surface area (Å²) < 4.78 is 5.44. The van der Waals surface area contributed by atoms with Crippen molar-refractivity contribution in [3.8, 4) is 0 Å². The minimum absolute atomic E-state index is 0. The van der Waals surface area contributed by atoms with Gasteiger partial charge in [-0.2, -0.15) is 0 Å². The monoisotopic (exact) mass is 381 g/mol. The standard InChI is InChI=1S/C19H27N3O3.ClH/c1-22(16-5-3-2-4-6-16)19(24)14-7-9-15(10-8-14)21-18(23)17-13-20-11-12-25-17;/h7-10,16-17,20H,2-6,11-13H2,1H3,(H,21,23);1H. The number of benzene rings is 1. The topological polar surface area (TPSA) is 70.7 Å². The van der Waals surface area contributed by atoms with E-state index in [1.54, 1.807) is 24.3 Å². The first-order valence-corrected chi connectivity index (χ1v) is 9.15. The van der Waals surface area contributed by atoms with Crippen LogP contribution in [0.3, 0.4) is 0 Å². The number of rotatable bonds is 4. The second-order valence-electron chi connectivity index (χ2n) is 6.84. The number of nitrogens with zero attached hydrogens (tertiary/aromatic N) is 1. The zero-order chi connectivity index (χ0) is 17.6. The molecule has 1 atom stereocenters. The molecule has 144 valence electrons. The molecule has 2 N–H and O–H groups in total. The maximum absolute atomic E-state index is 12.6. The smallest absolute Gasteiger partial charge is 0.254 e. The highest BCUT2D eigenvalue weighted by Gasteiger charge is 2.24. The van der Waals surface area contributed by atoms with Gasteiger partial charge in [-0.05, 0) is 37.1 Å². The van der Waals surface area contributed by atoms with Crippen LogP contribution in [0.5, 0.6) is 0 Å². The number of hydrogen-bond donors (Lipinski definition) is 2. The van der Waals surface area contributed by atoms with Crippen molar-refractivity contribution in [3.05, 3.63) is 29.8 Å². The molecule has 0 bridgehead atoms. The van der Waals surface area contributed by atoms with Crippen LogP contribution < -0.4 is 10.6 Å². The molecule has 1 saturated heterocycles. The van der Waals surface area contributed by atoms with Gasteiger partial charge in [0, 0.05) is 37.4 Å². The van der Waals surface area contributed by atoms with Gasteiger partial charge in [0.2, 0.25) is 0 Å². The average Bonchev–Trinajstić information content (AvgIpc) is 2.69. The van der Waals surface area contributed by atoms with E-state index in [1.165, 1.54) is 19.3 Å². The van der Waals surface area contributed by atoms with Crippen molar-refractivity contribution in [1.82, 2.24) is 10.2 Å². The number of amides is 2. The second-order valence-corrected chi connectivity index (χ2v) is 6.84. The number of morpholine rings is 1. The lowest BCUT2D eigenvalue weighted by Crippen LogP contribution is -2.45.